The zero-order valence-corrected chi connectivity index (χ0v) is 20.0. The average Bonchev–Trinajstić information content (AvgIpc) is 3.13. The highest BCUT2D eigenvalue weighted by Crippen LogP contribution is 2.23. The predicted molar refractivity (Wildman–Crippen MR) is 131 cm³/mol. The molecule has 1 N–H and O–H groups in total. The van der Waals surface area contributed by atoms with E-state index in [9.17, 15) is 4.79 Å². The second-order valence-electron chi connectivity index (χ2n) is 8.50. The topological polar surface area (TPSA) is 56.2 Å². The van der Waals surface area contributed by atoms with Gasteiger partial charge >= 0.3 is 0 Å². The fraction of sp³-hybridized carbons (Fsp3) is 0.481. The monoisotopic (exact) mass is 435 g/mol. The molecule has 1 aromatic heterocycles. The van der Waals surface area contributed by atoms with Gasteiger partial charge in [0.1, 0.15) is 11.6 Å². The second-order valence-corrected chi connectivity index (χ2v) is 8.50. The summed E-state index contributed by atoms with van der Waals surface area (Å²) in [6.07, 6.45) is 4.49. The lowest BCUT2D eigenvalue weighted by Gasteiger charge is -2.14. The lowest BCUT2D eigenvalue weighted by molar-refractivity contribution is -0.125. The minimum absolute atomic E-state index is 0.103. The van der Waals surface area contributed by atoms with Gasteiger partial charge in [0.05, 0.1) is 17.6 Å². The number of carbonyl (C=O) groups is 1. The number of rotatable bonds is 12. The molecule has 172 valence electrons. The fourth-order valence-corrected chi connectivity index (χ4v) is 4.24. The average molecular weight is 436 g/mol. The molecule has 0 radical (unpaired) electrons. The molecule has 0 atom stereocenters. The van der Waals surface area contributed by atoms with Gasteiger partial charge in [-0.15, -0.1) is 0 Å². The summed E-state index contributed by atoms with van der Waals surface area (Å²) in [5.74, 6) is 2.30. The molecule has 0 unspecified atom stereocenters. The van der Waals surface area contributed by atoms with E-state index in [-0.39, 0.29) is 11.8 Å². The van der Waals surface area contributed by atoms with Gasteiger partial charge in [-0.2, -0.15) is 0 Å². The summed E-state index contributed by atoms with van der Waals surface area (Å²) in [6, 6.07) is 14.5. The van der Waals surface area contributed by atoms with Crippen molar-refractivity contribution in [3.8, 4) is 5.75 Å². The maximum absolute atomic E-state index is 12.3. The SMILES string of the molecule is CCC(CC)C(=O)NCCc1nc2ccccc2n1CCCCOc1c(C)cccc1C. The highest BCUT2D eigenvalue weighted by atomic mass is 16.5. The lowest BCUT2D eigenvalue weighted by Crippen LogP contribution is -2.32. The molecule has 2 aromatic carbocycles. The summed E-state index contributed by atoms with van der Waals surface area (Å²) in [7, 11) is 0. The van der Waals surface area contributed by atoms with Crippen LogP contribution in [-0.4, -0.2) is 28.6 Å². The fourth-order valence-electron chi connectivity index (χ4n) is 4.24. The molecule has 5 nitrogen and oxygen atoms in total. The van der Waals surface area contributed by atoms with Crippen molar-refractivity contribution in [1.29, 1.82) is 0 Å². The van der Waals surface area contributed by atoms with E-state index in [0.717, 1.165) is 61.3 Å². The van der Waals surface area contributed by atoms with E-state index in [2.05, 4.69) is 74.0 Å². The van der Waals surface area contributed by atoms with Gasteiger partial charge < -0.3 is 14.6 Å². The van der Waals surface area contributed by atoms with Crippen LogP contribution in [0.3, 0.4) is 0 Å². The van der Waals surface area contributed by atoms with Crippen LogP contribution in [0, 0.1) is 19.8 Å². The van der Waals surface area contributed by atoms with Crippen LogP contribution in [0.5, 0.6) is 5.75 Å². The third-order valence-electron chi connectivity index (χ3n) is 6.17. The Kier molecular flexibility index (Phi) is 8.72. The Labute approximate surface area is 192 Å². The normalized spacial score (nSPS) is 11.3. The number of benzene rings is 2. The van der Waals surface area contributed by atoms with Crippen molar-refractivity contribution in [2.24, 2.45) is 5.92 Å². The van der Waals surface area contributed by atoms with Crippen LogP contribution in [0.1, 0.15) is 56.5 Å². The van der Waals surface area contributed by atoms with Crippen molar-refractivity contribution < 1.29 is 9.53 Å². The van der Waals surface area contributed by atoms with Crippen molar-refractivity contribution in [3.63, 3.8) is 0 Å². The zero-order valence-electron chi connectivity index (χ0n) is 20.0. The number of amides is 1. The van der Waals surface area contributed by atoms with Crippen molar-refractivity contribution in [3.05, 3.63) is 59.4 Å². The summed E-state index contributed by atoms with van der Waals surface area (Å²) in [5, 5.41) is 3.10. The third kappa shape index (κ3) is 5.90. The number of hydrogen-bond acceptors (Lipinski definition) is 3. The molecular weight excluding hydrogens is 398 g/mol. The number of fused-ring (bicyclic) bond motifs is 1. The molecule has 32 heavy (non-hydrogen) atoms. The van der Waals surface area contributed by atoms with Gasteiger partial charge in [0.25, 0.3) is 0 Å². The summed E-state index contributed by atoms with van der Waals surface area (Å²) in [4.78, 5) is 17.2. The Bertz CT molecular complexity index is 1000. The number of ether oxygens (including phenoxy) is 1. The Hall–Kier alpha value is -2.82. The number of imidazole rings is 1. The number of para-hydroxylation sites is 3. The quantitative estimate of drug-likeness (QED) is 0.376. The first-order valence-electron chi connectivity index (χ1n) is 12.0. The van der Waals surface area contributed by atoms with Gasteiger partial charge in [0.15, 0.2) is 0 Å². The van der Waals surface area contributed by atoms with Gasteiger partial charge in [-0.3, -0.25) is 4.79 Å². The van der Waals surface area contributed by atoms with Crippen LogP contribution in [0.25, 0.3) is 11.0 Å². The Balaban J connectivity index is 1.57. The summed E-state index contributed by atoms with van der Waals surface area (Å²) in [6.45, 7) is 10.5. The molecule has 0 saturated heterocycles. The molecule has 0 spiro atoms. The van der Waals surface area contributed by atoms with E-state index in [1.807, 2.05) is 6.07 Å². The Morgan fingerprint density at radius 2 is 1.75 bits per heavy atom. The molecule has 0 saturated carbocycles. The zero-order chi connectivity index (χ0) is 22.9. The maximum Gasteiger partial charge on any atom is 0.223 e. The number of carbonyl (C=O) groups excluding carboxylic acids is 1. The number of hydrogen-bond donors (Lipinski definition) is 1. The standard InChI is InChI=1S/C27H37N3O2/c1-5-22(6-2)27(31)28-17-16-25-29-23-14-7-8-15-24(23)30(25)18-9-10-19-32-26-20(3)12-11-13-21(26)4/h7-8,11-15,22H,5-6,9-10,16-19H2,1-4H3,(H,28,31). The number of nitrogens with zero attached hydrogens (tertiary/aromatic N) is 2. The van der Waals surface area contributed by atoms with Crippen molar-refractivity contribution in [1.82, 2.24) is 14.9 Å². The molecule has 1 amide bonds. The lowest BCUT2D eigenvalue weighted by atomic mass is 10.0. The van der Waals surface area contributed by atoms with E-state index >= 15 is 0 Å². The first kappa shape index (κ1) is 23.8. The van der Waals surface area contributed by atoms with Gasteiger partial charge in [0.2, 0.25) is 5.91 Å². The molecular formula is C27H37N3O2. The molecule has 1 heterocycles. The predicted octanol–water partition coefficient (Wildman–Crippen LogP) is 5.61. The van der Waals surface area contributed by atoms with Crippen molar-refractivity contribution >= 4 is 16.9 Å². The largest absolute Gasteiger partial charge is 0.493 e. The third-order valence-corrected chi connectivity index (χ3v) is 6.17. The molecule has 3 aromatic rings. The second kappa shape index (κ2) is 11.7. The molecule has 0 aliphatic rings. The number of aryl methyl sites for hydroxylation is 3. The van der Waals surface area contributed by atoms with Crippen LogP contribution < -0.4 is 10.1 Å². The van der Waals surface area contributed by atoms with E-state index in [4.69, 9.17) is 9.72 Å². The van der Waals surface area contributed by atoms with Crippen LogP contribution in [0.4, 0.5) is 0 Å². The molecule has 0 aliphatic carbocycles. The molecule has 5 heteroatoms. The molecule has 0 aliphatic heterocycles. The van der Waals surface area contributed by atoms with E-state index < -0.39 is 0 Å². The number of aromatic nitrogens is 2. The van der Waals surface area contributed by atoms with E-state index in [1.54, 1.807) is 0 Å². The molecule has 0 fully saturated rings. The van der Waals surface area contributed by atoms with Gasteiger partial charge in [0, 0.05) is 25.4 Å². The summed E-state index contributed by atoms with van der Waals surface area (Å²) < 4.78 is 8.37. The Morgan fingerprint density at radius 1 is 1.03 bits per heavy atom. The summed E-state index contributed by atoms with van der Waals surface area (Å²) in [5.41, 5.74) is 4.54. The first-order chi connectivity index (χ1) is 15.5. The van der Waals surface area contributed by atoms with E-state index in [0.29, 0.717) is 13.2 Å². The van der Waals surface area contributed by atoms with Gasteiger partial charge in [-0.25, -0.2) is 4.98 Å². The highest BCUT2D eigenvalue weighted by Gasteiger charge is 2.15. The first-order valence-corrected chi connectivity index (χ1v) is 12.0. The number of unbranched alkanes of at least 4 members (excludes halogenated alkanes) is 1. The smallest absolute Gasteiger partial charge is 0.223 e. The van der Waals surface area contributed by atoms with Crippen molar-refractivity contribution in [2.75, 3.05) is 13.2 Å². The molecule has 3 rings (SSSR count). The number of nitrogens with one attached hydrogen (secondary N) is 1. The van der Waals surface area contributed by atoms with Crippen LogP contribution in [0.15, 0.2) is 42.5 Å². The Morgan fingerprint density at radius 3 is 2.47 bits per heavy atom. The van der Waals surface area contributed by atoms with Crippen LogP contribution in [0.2, 0.25) is 0 Å². The minimum Gasteiger partial charge on any atom is -0.493 e. The minimum atomic E-state index is 0.103. The van der Waals surface area contributed by atoms with Crippen molar-refractivity contribution in [2.45, 2.75) is 66.3 Å². The van der Waals surface area contributed by atoms with E-state index in [1.165, 1.54) is 11.1 Å². The van der Waals surface area contributed by atoms with Crippen LogP contribution >= 0.6 is 0 Å². The summed E-state index contributed by atoms with van der Waals surface area (Å²) >= 11 is 0. The van der Waals surface area contributed by atoms with Crippen LogP contribution in [-0.2, 0) is 17.8 Å². The maximum atomic E-state index is 12.3. The van der Waals surface area contributed by atoms with Gasteiger partial charge in [-0.05, 0) is 62.8 Å². The van der Waals surface area contributed by atoms with Gasteiger partial charge in [-0.1, -0.05) is 44.2 Å². The highest BCUT2D eigenvalue weighted by molar-refractivity contribution is 5.78. The molecule has 0 bridgehead atoms.